The predicted octanol–water partition coefficient (Wildman–Crippen LogP) is 2.49. The molecule has 0 atom stereocenters. The average Bonchev–Trinajstić information content (AvgIpc) is 2.19. The lowest BCUT2D eigenvalue weighted by molar-refractivity contribution is 0.161. The largest absolute Gasteiger partial charge is 0.490 e. The number of nitrogens with zero attached hydrogens (tertiary/aromatic N) is 1. The zero-order valence-corrected chi connectivity index (χ0v) is 8.70. The minimum Gasteiger partial charge on any atom is -0.490 e. The average molecular weight is 211 g/mol. The van der Waals surface area contributed by atoms with Gasteiger partial charge in [-0.3, -0.25) is 0 Å². The van der Waals surface area contributed by atoms with Gasteiger partial charge in [-0.1, -0.05) is 17.7 Å². The van der Waals surface area contributed by atoms with Crippen LogP contribution in [0.2, 0.25) is 5.02 Å². The molecule has 1 radical (unpaired) electrons. The predicted molar refractivity (Wildman–Crippen MR) is 57.0 cm³/mol. The summed E-state index contributed by atoms with van der Waals surface area (Å²) in [4.78, 5) is 0. The molecule has 1 aliphatic heterocycles. The topological polar surface area (TPSA) is 23.3 Å². The molecule has 1 fully saturated rings. The van der Waals surface area contributed by atoms with Gasteiger partial charge in [0.25, 0.3) is 0 Å². The normalized spacial score (nSPS) is 18.1. The van der Waals surface area contributed by atoms with Crippen molar-refractivity contribution in [3.63, 3.8) is 0 Å². The molecule has 0 saturated carbocycles. The van der Waals surface area contributed by atoms with E-state index >= 15 is 0 Å². The lowest BCUT2D eigenvalue weighted by Gasteiger charge is -2.22. The molecule has 1 aromatic carbocycles. The Morgan fingerprint density at radius 2 is 2.07 bits per heavy atom. The Bertz CT molecular complexity index is 297. The Balaban J connectivity index is 1.95. The fraction of sp³-hybridized carbons (Fsp3) is 0.455. The second kappa shape index (κ2) is 4.67. The van der Waals surface area contributed by atoms with Crippen molar-refractivity contribution in [2.75, 3.05) is 13.1 Å². The van der Waals surface area contributed by atoms with E-state index in [-0.39, 0.29) is 0 Å². The molecule has 1 heterocycles. The molecular formula is C11H13ClNO. The molecule has 1 aliphatic rings. The van der Waals surface area contributed by atoms with E-state index in [1.165, 1.54) is 0 Å². The summed E-state index contributed by atoms with van der Waals surface area (Å²) in [5, 5.41) is 5.01. The molecule has 1 saturated heterocycles. The van der Waals surface area contributed by atoms with Gasteiger partial charge in [-0.25, -0.2) is 5.32 Å². The Labute approximate surface area is 89.2 Å². The molecule has 1 aromatic rings. The van der Waals surface area contributed by atoms with E-state index in [0.29, 0.717) is 6.10 Å². The number of ether oxygens (including phenoxy) is 1. The lowest BCUT2D eigenvalue weighted by Crippen LogP contribution is -2.30. The fourth-order valence-electron chi connectivity index (χ4n) is 1.58. The molecular weight excluding hydrogens is 198 g/mol. The van der Waals surface area contributed by atoms with Crippen molar-refractivity contribution in [2.45, 2.75) is 18.9 Å². The monoisotopic (exact) mass is 210 g/mol. The lowest BCUT2D eigenvalue weighted by atomic mass is 10.1. The van der Waals surface area contributed by atoms with Crippen molar-refractivity contribution in [3.8, 4) is 5.75 Å². The van der Waals surface area contributed by atoms with Gasteiger partial charge >= 0.3 is 0 Å². The van der Waals surface area contributed by atoms with E-state index in [0.717, 1.165) is 36.7 Å². The van der Waals surface area contributed by atoms with E-state index < -0.39 is 0 Å². The maximum atomic E-state index is 5.86. The van der Waals surface area contributed by atoms with Crippen molar-refractivity contribution in [1.29, 1.82) is 0 Å². The van der Waals surface area contributed by atoms with Crippen LogP contribution in [0.3, 0.4) is 0 Å². The molecule has 0 aliphatic carbocycles. The zero-order valence-electron chi connectivity index (χ0n) is 7.95. The van der Waals surface area contributed by atoms with Crippen LogP contribution in [0.1, 0.15) is 12.8 Å². The quantitative estimate of drug-likeness (QED) is 0.736. The van der Waals surface area contributed by atoms with E-state index in [2.05, 4.69) is 5.32 Å². The highest BCUT2D eigenvalue weighted by molar-refractivity contribution is 6.30. The second-order valence-electron chi connectivity index (χ2n) is 3.45. The van der Waals surface area contributed by atoms with Gasteiger partial charge in [0.2, 0.25) is 0 Å². The van der Waals surface area contributed by atoms with Crippen LogP contribution < -0.4 is 10.1 Å². The zero-order chi connectivity index (χ0) is 9.80. The van der Waals surface area contributed by atoms with Crippen LogP contribution in [-0.4, -0.2) is 19.2 Å². The fourth-order valence-corrected chi connectivity index (χ4v) is 1.76. The second-order valence-corrected chi connectivity index (χ2v) is 3.88. The van der Waals surface area contributed by atoms with Crippen molar-refractivity contribution in [3.05, 3.63) is 29.3 Å². The summed E-state index contributed by atoms with van der Waals surface area (Å²) in [6.45, 7) is 1.84. The van der Waals surface area contributed by atoms with Crippen molar-refractivity contribution >= 4 is 11.6 Å². The number of piperidine rings is 1. The number of rotatable bonds is 2. The van der Waals surface area contributed by atoms with E-state index in [9.17, 15) is 0 Å². The first kappa shape index (κ1) is 9.81. The highest BCUT2D eigenvalue weighted by atomic mass is 35.5. The van der Waals surface area contributed by atoms with Gasteiger partial charge in [-0.15, -0.1) is 0 Å². The summed E-state index contributed by atoms with van der Waals surface area (Å²) in [6, 6.07) is 7.56. The maximum Gasteiger partial charge on any atom is 0.121 e. The minimum absolute atomic E-state index is 0.311. The van der Waals surface area contributed by atoms with Crippen LogP contribution in [0.4, 0.5) is 0 Å². The van der Waals surface area contributed by atoms with Gasteiger partial charge in [0.15, 0.2) is 0 Å². The first-order valence-corrected chi connectivity index (χ1v) is 5.28. The minimum atomic E-state index is 0.311. The van der Waals surface area contributed by atoms with Gasteiger partial charge in [0.1, 0.15) is 11.9 Å². The number of halogens is 1. The molecule has 0 spiro atoms. The Kier molecular flexibility index (Phi) is 3.27. The van der Waals surface area contributed by atoms with Gasteiger partial charge in [-0.2, -0.15) is 0 Å². The third kappa shape index (κ3) is 2.63. The SMILES string of the molecule is Clc1cccc(OC2CC[N]CC2)c1. The van der Waals surface area contributed by atoms with Crippen LogP contribution in [-0.2, 0) is 0 Å². The molecule has 2 rings (SSSR count). The number of hydrogen-bond donors (Lipinski definition) is 0. The van der Waals surface area contributed by atoms with Gasteiger partial charge in [-0.05, 0) is 31.0 Å². The molecule has 0 aromatic heterocycles. The highest BCUT2D eigenvalue weighted by Crippen LogP contribution is 2.20. The van der Waals surface area contributed by atoms with Crippen molar-refractivity contribution in [2.24, 2.45) is 0 Å². The molecule has 3 heteroatoms. The summed E-state index contributed by atoms with van der Waals surface area (Å²) >= 11 is 5.86. The standard InChI is InChI=1S/C11H13ClNO/c12-9-2-1-3-11(8-9)14-10-4-6-13-7-5-10/h1-3,8,10H,4-7H2. The Hall–Kier alpha value is -0.730. The summed E-state index contributed by atoms with van der Waals surface area (Å²) in [7, 11) is 0. The maximum absolute atomic E-state index is 5.86. The highest BCUT2D eigenvalue weighted by Gasteiger charge is 2.14. The molecule has 0 bridgehead atoms. The molecule has 0 unspecified atom stereocenters. The summed E-state index contributed by atoms with van der Waals surface area (Å²) < 4.78 is 5.79. The van der Waals surface area contributed by atoms with Crippen LogP contribution in [0.5, 0.6) is 5.75 Å². The number of hydrogen-bond acceptors (Lipinski definition) is 1. The molecule has 0 amide bonds. The smallest absolute Gasteiger partial charge is 0.121 e. The van der Waals surface area contributed by atoms with E-state index in [1.54, 1.807) is 0 Å². The van der Waals surface area contributed by atoms with Crippen LogP contribution >= 0.6 is 11.6 Å². The Morgan fingerprint density at radius 1 is 1.29 bits per heavy atom. The summed E-state index contributed by atoms with van der Waals surface area (Å²) in [6.07, 6.45) is 2.35. The molecule has 0 N–H and O–H groups in total. The van der Waals surface area contributed by atoms with Crippen LogP contribution in [0.15, 0.2) is 24.3 Å². The molecule has 75 valence electrons. The summed E-state index contributed by atoms with van der Waals surface area (Å²) in [5.41, 5.74) is 0. The third-order valence-corrected chi connectivity index (χ3v) is 2.55. The van der Waals surface area contributed by atoms with Crippen molar-refractivity contribution < 1.29 is 4.74 Å². The van der Waals surface area contributed by atoms with Gasteiger partial charge in [0.05, 0.1) is 0 Å². The summed E-state index contributed by atoms with van der Waals surface area (Å²) in [5.74, 6) is 0.865. The van der Waals surface area contributed by atoms with E-state index in [1.807, 2.05) is 24.3 Å². The number of benzene rings is 1. The van der Waals surface area contributed by atoms with Gasteiger partial charge in [0, 0.05) is 18.1 Å². The van der Waals surface area contributed by atoms with Gasteiger partial charge < -0.3 is 4.74 Å². The first-order valence-electron chi connectivity index (χ1n) is 4.90. The van der Waals surface area contributed by atoms with Crippen LogP contribution in [0.25, 0.3) is 0 Å². The Morgan fingerprint density at radius 3 is 2.79 bits per heavy atom. The van der Waals surface area contributed by atoms with E-state index in [4.69, 9.17) is 16.3 Å². The third-order valence-electron chi connectivity index (χ3n) is 2.32. The molecule has 14 heavy (non-hydrogen) atoms. The van der Waals surface area contributed by atoms with Crippen molar-refractivity contribution in [1.82, 2.24) is 5.32 Å². The molecule has 2 nitrogen and oxygen atoms in total. The first-order chi connectivity index (χ1) is 6.84. The van der Waals surface area contributed by atoms with Crippen LogP contribution in [0, 0.1) is 0 Å².